The van der Waals surface area contributed by atoms with E-state index in [9.17, 15) is 4.39 Å². The zero-order chi connectivity index (χ0) is 13.8. The molecule has 0 atom stereocenters. The summed E-state index contributed by atoms with van der Waals surface area (Å²) in [5, 5.41) is 0. The molecule has 0 saturated heterocycles. The predicted molar refractivity (Wildman–Crippen MR) is 75.0 cm³/mol. The molecule has 2 N–H and O–H groups in total. The molecule has 0 aliphatic carbocycles. The largest absolute Gasteiger partial charge is 0.398 e. The molecule has 1 aromatic heterocycles. The van der Waals surface area contributed by atoms with Gasteiger partial charge in [0.05, 0.1) is 5.69 Å². The fourth-order valence-corrected chi connectivity index (χ4v) is 2.02. The molecule has 0 unspecified atom stereocenters. The summed E-state index contributed by atoms with van der Waals surface area (Å²) in [6, 6.07) is 10.4. The first-order valence-corrected chi connectivity index (χ1v) is 6.19. The lowest BCUT2D eigenvalue weighted by atomic mass is 10.1. The van der Waals surface area contributed by atoms with Crippen molar-refractivity contribution in [2.75, 3.05) is 12.8 Å². The van der Waals surface area contributed by atoms with E-state index in [1.165, 1.54) is 12.1 Å². The number of hydrogen-bond donors (Lipinski definition) is 1. The first-order chi connectivity index (χ1) is 9.04. The van der Waals surface area contributed by atoms with E-state index in [0.29, 0.717) is 18.8 Å². The molecule has 0 fully saturated rings. The number of nitrogen functional groups attached to an aromatic ring is 1. The van der Waals surface area contributed by atoms with E-state index in [1.807, 2.05) is 32.2 Å². The lowest BCUT2D eigenvalue weighted by molar-refractivity contribution is 0.315. The number of hydrogen-bond acceptors (Lipinski definition) is 3. The highest BCUT2D eigenvalue weighted by atomic mass is 19.1. The maximum Gasteiger partial charge on any atom is 0.123 e. The van der Waals surface area contributed by atoms with E-state index in [-0.39, 0.29) is 5.82 Å². The molecule has 0 bridgehead atoms. The minimum Gasteiger partial charge on any atom is -0.398 e. The van der Waals surface area contributed by atoms with Crippen LogP contribution in [0, 0.1) is 12.7 Å². The average molecular weight is 259 g/mol. The standard InChI is InChI=1S/C15H18FN3/c1-11-4-3-5-14(18-11)10-19(2)9-12-8-13(16)6-7-15(12)17/h3-8H,9-10,17H2,1-2H3. The van der Waals surface area contributed by atoms with E-state index in [1.54, 1.807) is 6.07 Å². The van der Waals surface area contributed by atoms with Gasteiger partial charge in [-0.25, -0.2) is 4.39 Å². The number of nitrogens with two attached hydrogens (primary N) is 1. The molecule has 0 aliphatic heterocycles. The summed E-state index contributed by atoms with van der Waals surface area (Å²) in [4.78, 5) is 6.51. The van der Waals surface area contributed by atoms with E-state index in [0.717, 1.165) is 17.0 Å². The van der Waals surface area contributed by atoms with Crippen LogP contribution in [0.2, 0.25) is 0 Å². The van der Waals surface area contributed by atoms with E-state index in [4.69, 9.17) is 5.73 Å². The Hall–Kier alpha value is -1.94. The summed E-state index contributed by atoms with van der Waals surface area (Å²) < 4.78 is 13.2. The molecular formula is C15H18FN3. The van der Waals surface area contributed by atoms with Crippen molar-refractivity contribution in [3.05, 3.63) is 59.2 Å². The molecule has 4 heteroatoms. The number of pyridine rings is 1. The van der Waals surface area contributed by atoms with Crippen molar-refractivity contribution in [3.8, 4) is 0 Å². The lowest BCUT2D eigenvalue weighted by Crippen LogP contribution is -2.19. The van der Waals surface area contributed by atoms with Gasteiger partial charge in [0.15, 0.2) is 0 Å². The Morgan fingerprint density at radius 3 is 2.74 bits per heavy atom. The van der Waals surface area contributed by atoms with Crippen LogP contribution >= 0.6 is 0 Å². The van der Waals surface area contributed by atoms with Crippen LogP contribution in [0.4, 0.5) is 10.1 Å². The first-order valence-electron chi connectivity index (χ1n) is 6.19. The maximum atomic E-state index is 13.2. The first kappa shape index (κ1) is 13.5. The third kappa shape index (κ3) is 3.76. The molecule has 2 rings (SSSR count). The van der Waals surface area contributed by atoms with Crippen molar-refractivity contribution < 1.29 is 4.39 Å². The quantitative estimate of drug-likeness (QED) is 0.858. The van der Waals surface area contributed by atoms with Gasteiger partial charge in [-0.05, 0) is 49.9 Å². The Balaban J connectivity index is 2.05. The predicted octanol–water partition coefficient (Wildman–Crippen LogP) is 2.74. The molecule has 0 aliphatic rings. The summed E-state index contributed by atoms with van der Waals surface area (Å²) in [6.07, 6.45) is 0. The Labute approximate surface area is 112 Å². The van der Waals surface area contributed by atoms with Crippen LogP contribution in [-0.4, -0.2) is 16.9 Å². The van der Waals surface area contributed by atoms with Crippen LogP contribution in [0.25, 0.3) is 0 Å². The number of benzene rings is 1. The van der Waals surface area contributed by atoms with Crippen LogP contribution in [-0.2, 0) is 13.1 Å². The molecule has 0 saturated carbocycles. The summed E-state index contributed by atoms with van der Waals surface area (Å²) >= 11 is 0. The van der Waals surface area contributed by atoms with Gasteiger partial charge in [-0.2, -0.15) is 0 Å². The molecule has 2 aromatic rings. The number of aromatic nitrogens is 1. The Morgan fingerprint density at radius 2 is 2.00 bits per heavy atom. The smallest absolute Gasteiger partial charge is 0.123 e. The van der Waals surface area contributed by atoms with Crippen molar-refractivity contribution >= 4 is 5.69 Å². The van der Waals surface area contributed by atoms with Crippen LogP contribution in [0.3, 0.4) is 0 Å². The Morgan fingerprint density at radius 1 is 1.21 bits per heavy atom. The van der Waals surface area contributed by atoms with Crippen LogP contribution in [0.5, 0.6) is 0 Å². The highest BCUT2D eigenvalue weighted by Crippen LogP contribution is 2.16. The molecule has 0 radical (unpaired) electrons. The fraction of sp³-hybridized carbons (Fsp3) is 0.267. The second-order valence-corrected chi connectivity index (χ2v) is 4.79. The van der Waals surface area contributed by atoms with Crippen LogP contribution in [0.15, 0.2) is 36.4 Å². The highest BCUT2D eigenvalue weighted by molar-refractivity contribution is 5.46. The van der Waals surface area contributed by atoms with Gasteiger partial charge in [0.2, 0.25) is 0 Å². The summed E-state index contributed by atoms with van der Waals surface area (Å²) in [6.45, 7) is 3.27. The zero-order valence-corrected chi connectivity index (χ0v) is 11.2. The Bertz CT molecular complexity index is 569. The number of anilines is 1. The normalized spacial score (nSPS) is 10.9. The summed E-state index contributed by atoms with van der Waals surface area (Å²) in [5.74, 6) is -0.258. The second-order valence-electron chi connectivity index (χ2n) is 4.79. The van der Waals surface area contributed by atoms with E-state index < -0.39 is 0 Å². The van der Waals surface area contributed by atoms with Gasteiger partial charge in [0.1, 0.15) is 5.82 Å². The van der Waals surface area contributed by atoms with E-state index >= 15 is 0 Å². The molecule has 1 heterocycles. The molecule has 100 valence electrons. The SMILES string of the molecule is Cc1cccc(CN(C)Cc2cc(F)ccc2N)n1. The molecular weight excluding hydrogens is 241 g/mol. The van der Waals surface area contributed by atoms with Crippen molar-refractivity contribution in [1.82, 2.24) is 9.88 Å². The molecule has 3 nitrogen and oxygen atoms in total. The van der Waals surface area contributed by atoms with Gasteiger partial charge in [-0.3, -0.25) is 9.88 Å². The monoisotopic (exact) mass is 259 g/mol. The number of rotatable bonds is 4. The van der Waals surface area contributed by atoms with Gasteiger partial charge < -0.3 is 5.73 Å². The Kier molecular flexibility index (Phi) is 4.12. The lowest BCUT2D eigenvalue weighted by Gasteiger charge is -2.17. The number of halogens is 1. The third-order valence-corrected chi connectivity index (χ3v) is 2.92. The van der Waals surface area contributed by atoms with Gasteiger partial charge in [0.25, 0.3) is 0 Å². The molecule has 0 spiro atoms. The zero-order valence-electron chi connectivity index (χ0n) is 11.2. The van der Waals surface area contributed by atoms with Crippen molar-refractivity contribution in [2.45, 2.75) is 20.0 Å². The number of aryl methyl sites for hydroxylation is 1. The summed E-state index contributed by atoms with van der Waals surface area (Å²) in [7, 11) is 1.97. The average Bonchev–Trinajstić information content (AvgIpc) is 2.34. The van der Waals surface area contributed by atoms with Gasteiger partial charge >= 0.3 is 0 Å². The molecule has 19 heavy (non-hydrogen) atoms. The van der Waals surface area contributed by atoms with E-state index in [2.05, 4.69) is 9.88 Å². The molecule has 0 amide bonds. The van der Waals surface area contributed by atoms with Gasteiger partial charge in [-0.15, -0.1) is 0 Å². The fourth-order valence-electron chi connectivity index (χ4n) is 2.02. The van der Waals surface area contributed by atoms with Gasteiger partial charge in [-0.1, -0.05) is 6.07 Å². The van der Waals surface area contributed by atoms with Crippen LogP contribution in [0.1, 0.15) is 17.0 Å². The number of nitrogens with zero attached hydrogens (tertiary/aromatic N) is 2. The van der Waals surface area contributed by atoms with Gasteiger partial charge in [0, 0.05) is 24.5 Å². The topological polar surface area (TPSA) is 42.1 Å². The van der Waals surface area contributed by atoms with Crippen molar-refractivity contribution in [1.29, 1.82) is 0 Å². The van der Waals surface area contributed by atoms with Crippen LogP contribution < -0.4 is 5.73 Å². The third-order valence-electron chi connectivity index (χ3n) is 2.92. The van der Waals surface area contributed by atoms with Crippen molar-refractivity contribution in [2.24, 2.45) is 0 Å². The minimum absolute atomic E-state index is 0.258. The second kappa shape index (κ2) is 5.80. The molecule has 1 aromatic carbocycles. The minimum atomic E-state index is -0.258. The summed E-state index contributed by atoms with van der Waals surface area (Å²) in [5.41, 5.74) is 9.26. The highest BCUT2D eigenvalue weighted by Gasteiger charge is 2.06. The maximum absolute atomic E-state index is 13.2. The van der Waals surface area contributed by atoms with Crippen molar-refractivity contribution in [3.63, 3.8) is 0 Å².